The fourth-order valence-electron chi connectivity index (χ4n) is 1.89. The van der Waals surface area contributed by atoms with E-state index in [1.54, 1.807) is 0 Å². The van der Waals surface area contributed by atoms with E-state index in [1.165, 1.54) is 0 Å². The van der Waals surface area contributed by atoms with Gasteiger partial charge in [-0.15, -0.1) is 0 Å². The average molecular weight is 259 g/mol. The fraction of sp³-hybridized carbons (Fsp3) is 0.0769. The molecule has 0 bridgehead atoms. The number of nitrogens with zero attached hydrogens (tertiary/aromatic N) is 2. The second-order valence-corrected chi connectivity index (χ2v) is 4.33. The minimum Gasteiger partial charge on any atom is -0.372 e. The van der Waals surface area contributed by atoms with Gasteiger partial charge in [-0.05, 0) is 18.2 Å². The Bertz CT molecular complexity index is 705. The van der Waals surface area contributed by atoms with Crippen molar-refractivity contribution in [3.63, 3.8) is 0 Å². The lowest BCUT2D eigenvalue weighted by Crippen LogP contribution is -1.97. The molecule has 90 valence electrons. The van der Waals surface area contributed by atoms with Crippen molar-refractivity contribution in [1.82, 2.24) is 15.0 Å². The second kappa shape index (κ2) is 4.31. The van der Waals surface area contributed by atoms with Crippen LogP contribution >= 0.6 is 11.6 Å². The highest BCUT2D eigenvalue weighted by Crippen LogP contribution is 2.25. The molecule has 0 aliphatic rings. The molecule has 0 radical (unpaired) electrons. The number of H-pyrrole nitrogens is 1. The molecular formula is C13H11ClN4. The van der Waals surface area contributed by atoms with Crippen LogP contribution in [0.4, 0.5) is 5.82 Å². The van der Waals surface area contributed by atoms with E-state index in [-0.39, 0.29) is 0 Å². The van der Waals surface area contributed by atoms with Crippen LogP contribution in [0.15, 0.2) is 36.5 Å². The minimum atomic E-state index is 0.650. The van der Waals surface area contributed by atoms with Crippen molar-refractivity contribution in [3.8, 4) is 11.4 Å². The van der Waals surface area contributed by atoms with Gasteiger partial charge in [-0.25, -0.2) is 9.97 Å². The Labute approximate surface area is 109 Å². The Morgan fingerprint density at radius 3 is 2.89 bits per heavy atom. The Morgan fingerprint density at radius 1 is 1.22 bits per heavy atom. The lowest BCUT2D eigenvalue weighted by atomic mass is 10.2. The maximum atomic E-state index is 5.99. The first-order chi connectivity index (χ1) is 8.78. The van der Waals surface area contributed by atoms with Crippen LogP contribution in [-0.4, -0.2) is 22.0 Å². The van der Waals surface area contributed by atoms with Crippen molar-refractivity contribution < 1.29 is 0 Å². The molecule has 3 rings (SSSR count). The van der Waals surface area contributed by atoms with E-state index < -0.39 is 0 Å². The largest absolute Gasteiger partial charge is 0.372 e. The summed E-state index contributed by atoms with van der Waals surface area (Å²) in [6.45, 7) is 0. The summed E-state index contributed by atoms with van der Waals surface area (Å²) >= 11 is 5.99. The zero-order valence-electron chi connectivity index (χ0n) is 9.74. The molecule has 0 amide bonds. The molecule has 2 aromatic heterocycles. The smallest absolute Gasteiger partial charge is 0.163 e. The number of aromatic amines is 1. The topological polar surface area (TPSA) is 53.6 Å². The van der Waals surface area contributed by atoms with Gasteiger partial charge < -0.3 is 10.3 Å². The van der Waals surface area contributed by atoms with Crippen LogP contribution in [0.1, 0.15) is 0 Å². The molecule has 0 saturated heterocycles. The lowest BCUT2D eigenvalue weighted by molar-refractivity contribution is 1.20. The minimum absolute atomic E-state index is 0.650. The Hall–Kier alpha value is -2.07. The molecule has 0 aliphatic carbocycles. The van der Waals surface area contributed by atoms with Gasteiger partial charge in [0, 0.05) is 23.8 Å². The van der Waals surface area contributed by atoms with Crippen LogP contribution in [0.3, 0.4) is 0 Å². The first kappa shape index (κ1) is 11.0. The summed E-state index contributed by atoms with van der Waals surface area (Å²) in [6, 6.07) is 9.46. The van der Waals surface area contributed by atoms with Crippen molar-refractivity contribution in [2.24, 2.45) is 0 Å². The molecule has 2 N–H and O–H groups in total. The monoisotopic (exact) mass is 258 g/mol. The predicted octanol–water partition coefficient (Wildman–Crippen LogP) is 3.32. The molecule has 18 heavy (non-hydrogen) atoms. The van der Waals surface area contributed by atoms with E-state index in [2.05, 4.69) is 20.3 Å². The number of hydrogen-bond acceptors (Lipinski definition) is 3. The molecule has 0 saturated carbocycles. The van der Waals surface area contributed by atoms with E-state index in [4.69, 9.17) is 11.6 Å². The third-order valence-corrected chi connectivity index (χ3v) is 2.97. The highest BCUT2D eigenvalue weighted by atomic mass is 35.5. The summed E-state index contributed by atoms with van der Waals surface area (Å²) in [5, 5.41) is 4.73. The SMILES string of the molecule is CNc1nc(-c2cccc(Cl)c2)nc2[nH]ccc12. The molecule has 1 aromatic carbocycles. The van der Waals surface area contributed by atoms with Crippen LogP contribution in [0.2, 0.25) is 5.02 Å². The van der Waals surface area contributed by atoms with Crippen molar-refractivity contribution in [2.45, 2.75) is 0 Å². The van der Waals surface area contributed by atoms with E-state index in [9.17, 15) is 0 Å². The molecule has 3 aromatic rings. The van der Waals surface area contributed by atoms with Gasteiger partial charge in [-0.2, -0.15) is 0 Å². The van der Waals surface area contributed by atoms with Gasteiger partial charge in [-0.1, -0.05) is 23.7 Å². The second-order valence-electron chi connectivity index (χ2n) is 3.90. The maximum Gasteiger partial charge on any atom is 0.163 e. The molecular weight excluding hydrogens is 248 g/mol. The van der Waals surface area contributed by atoms with Crippen molar-refractivity contribution in [3.05, 3.63) is 41.6 Å². The zero-order chi connectivity index (χ0) is 12.5. The average Bonchev–Trinajstić information content (AvgIpc) is 2.85. The van der Waals surface area contributed by atoms with E-state index >= 15 is 0 Å². The third-order valence-electron chi connectivity index (χ3n) is 2.74. The zero-order valence-corrected chi connectivity index (χ0v) is 10.5. The summed E-state index contributed by atoms with van der Waals surface area (Å²) in [4.78, 5) is 12.1. The number of nitrogens with one attached hydrogen (secondary N) is 2. The molecule has 0 spiro atoms. The number of hydrogen-bond donors (Lipinski definition) is 2. The number of fused-ring (bicyclic) bond motifs is 1. The molecule has 4 nitrogen and oxygen atoms in total. The summed E-state index contributed by atoms with van der Waals surface area (Å²) in [7, 11) is 1.84. The van der Waals surface area contributed by atoms with Gasteiger partial charge in [-0.3, -0.25) is 0 Å². The van der Waals surface area contributed by atoms with Gasteiger partial charge in [0.15, 0.2) is 5.82 Å². The van der Waals surface area contributed by atoms with Gasteiger partial charge in [0.2, 0.25) is 0 Å². The van der Waals surface area contributed by atoms with Gasteiger partial charge >= 0.3 is 0 Å². The summed E-state index contributed by atoms with van der Waals surface area (Å²) in [5.41, 5.74) is 1.71. The van der Waals surface area contributed by atoms with E-state index in [0.29, 0.717) is 10.8 Å². The number of halogens is 1. The van der Waals surface area contributed by atoms with Crippen LogP contribution in [-0.2, 0) is 0 Å². The molecule has 2 heterocycles. The maximum absolute atomic E-state index is 5.99. The van der Waals surface area contributed by atoms with Crippen LogP contribution in [0.5, 0.6) is 0 Å². The Kier molecular flexibility index (Phi) is 2.64. The van der Waals surface area contributed by atoms with E-state index in [0.717, 1.165) is 22.4 Å². The number of anilines is 1. The fourth-order valence-corrected chi connectivity index (χ4v) is 2.08. The van der Waals surface area contributed by atoms with Crippen molar-refractivity contribution >= 4 is 28.5 Å². The molecule has 0 fully saturated rings. The summed E-state index contributed by atoms with van der Waals surface area (Å²) in [5.74, 6) is 1.45. The standard InChI is InChI=1S/C13H11ClN4/c1-15-12-10-5-6-16-13(10)18-11(17-12)8-3-2-4-9(14)7-8/h2-7H,1H3,(H2,15,16,17,18). The summed E-state index contributed by atoms with van der Waals surface area (Å²) in [6.07, 6.45) is 1.85. The van der Waals surface area contributed by atoms with Crippen molar-refractivity contribution in [1.29, 1.82) is 0 Å². The highest BCUT2D eigenvalue weighted by molar-refractivity contribution is 6.30. The normalized spacial score (nSPS) is 10.8. The molecule has 0 unspecified atom stereocenters. The van der Waals surface area contributed by atoms with E-state index in [1.807, 2.05) is 43.6 Å². The summed E-state index contributed by atoms with van der Waals surface area (Å²) < 4.78 is 0. The third kappa shape index (κ3) is 1.80. The predicted molar refractivity (Wildman–Crippen MR) is 73.9 cm³/mol. The van der Waals surface area contributed by atoms with Gasteiger partial charge in [0.05, 0.1) is 5.39 Å². The number of benzene rings is 1. The van der Waals surface area contributed by atoms with Crippen molar-refractivity contribution in [2.75, 3.05) is 12.4 Å². The number of rotatable bonds is 2. The molecule has 5 heteroatoms. The van der Waals surface area contributed by atoms with Gasteiger partial charge in [0.25, 0.3) is 0 Å². The Morgan fingerprint density at radius 2 is 2.11 bits per heavy atom. The number of aromatic nitrogens is 3. The highest BCUT2D eigenvalue weighted by Gasteiger charge is 2.09. The van der Waals surface area contributed by atoms with Crippen LogP contribution in [0, 0.1) is 0 Å². The lowest BCUT2D eigenvalue weighted by Gasteiger charge is -2.05. The van der Waals surface area contributed by atoms with Crippen LogP contribution in [0.25, 0.3) is 22.4 Å². The molecule has 0 aliphatic heterocycles. The van der Waals surface area contributed by atoms with Gasteiger partial charge in [0.1, 0.15) is 11.5 Å². The van der Waals surface area contributed by atoms with Crippen LogP contribution < -0.4 is 5.32 Å². The first-order valence-electron chi connectivity index (χ1n) is 5.57. The first-order valence-corrected chi connectivity index (χ1v) is 5.94. The Balaban J connectivity index is 2.23. The quantitative estimate of drug-likeness (QED) is 0.741. The molecule has 0 atom stereocenters.